The summed E-state index contributed by atoms with van der Waals surface area (Å²) < 4.78 is 0. The second-order valence-electron chi connectivity index (χ2n) is 4.30. The lowest BCUT2D eigenvalue weighted by atomic mass is 10.00. The number of hydrogen-bond donors (Lipinski definition) is 0. The molecule has 0 spiro atoms. The molecule has 2 aromatic carbocycles. The highest BCUT2D eigenvalue weighted by atomic mass is 16.1. The molecule has 2 aromatic rings. The van der Waals surface area contributed by atoms with Crippen molar-refractivity contribution in [2.45, 2.75) is 13.3 Å². The quantitative estimate of drug-likeness (QED) is 0.736. The minimum atomic E-state index is 0.128. The molecule has 90 valence electrons. The summed E-state index contributed by atoms with van der Waals surface area (Å²) in [7, 11) is 0. The van der Waals surface area contributed by atoms with Gasteiger partial charge in [0.25, 0.3) is 0 Å². The van der Waals surface area contributed by atoms with Gasteiger partial charge in [-0.15, -0.1) is 0 Å². The van der Waals surface area contributed by atoms with Crippen LogP contribution >= 0.6 is 0 Å². The fourth-order valence-electron chi connectivity index (χ4n) is 1.84. The Morgan fingerprint density at radius 3 is 2.06 bits per heavy atom. The van der Waals surface area contributed by atoms with Gasteiger partial charge in [0.05, 0.1) is 0 Å². The first-order valence-electron chi connectivity index (χ1n) is 6.06. The Kier molecular flexibility index (Phi) is 4.08. The van der Waals surface area contributed by atoms with E-state index < -0.39 is 0 Å². The summed E-state index contributed by atoms with van der Waals surface area (Å²) in [6.07, 6.45) is 2.65. The maximum Gasteiger partial charge on any atom is 0.156 e. The Morgan fingerprint density at radius 2 is 1.50 bits per heavy atom. The summed E-state index contributed by atoms with van der Waals surface area (Å²) >= 11 is 0. The van der Waals surface area contributed by atoms with E-state index in [0.717, 1.165) is 16.7 Å². The van der Waals surface area contributed by atoms with Gasteiger partial charge in [-0.3, -0.25) is 4.79 Å². The molecule has 0 aliphatic carbocycles. The molecule has 0 unspecified atom stereocenters. The predicted molar refractivity (Wildman–Crippen MR) is 75.2 cm³/mol. The largest absolute Gasteiger partial charge is 0.295 e. The number of allylic oxidation sites excluding steroid dienone is 1. The first-order valence-corrected chi connectivity index (χ1v) is 6.06. The van der Waals surface area contributed by atoms with Gasteiger partial charge in [-0.05, 0) is 29.7 Å². The van der Waals surface area contributed by atoms with Crippen LogP contribution in [-0.2, 0) is 11.2 Å². The molecular weight excluding hydrogens is 220 g/mol. The van der Waals surface area contributed by atoms with Gasteiger partial charge >= 0.3 is 0 Å². The van der Waals surface area contributed by atoms with Gasteiger partial charge < -0.3 is 0 Å². The van der Waals surface area contributed by atoms with Crippen LogP contribution in [0.1, 0.15) is 18.1 Å². The topological polar surface area (TPSA) is 17.1 Å². The number of hydrogen-bond acceptors (Lipinski definition) is 1. The summed E-state index contributed by atoms with van der Waals surface area (Å²) in [4.78, 5) is 11.7. The van der Waals surface area contributed by atoms with E-state index >= 15 is 0 Å². The fraction of sp³-hybridized carbons (Fsp3) is 0.118. The van der Waals surface area contributed by atoms with Gasteiger partial charge in [-0.25, -0.2) is 0 Å². The Morgan fingerprint density at radius 1 is 0.944 bits per heavy atom. The molecular formula is C17H16O. The van der Waals surface area contributed by atoms with E-state index in [9.17, 15) is 4.79 Å². The maximum absolute atomic E-state index is 11.7. The van der Waals surface area contributed by atoms with Gasteiger partial charge in [0, 0.05) is 6.42 Å². The van der Waals surface area contributed by atoms with Crippen LogP contribution < -0.4 is 0 Å². The number of ketones is 1. The molecule has 0 atom stereocenters. The van der Waals surface area contributed by atoms with Crippen molar-refractivity contribution < 1.29 is 4.79 Å². The van der Waals surface area contributed by atoms with Crippen molar-refractivity contribution in [2.75, 3.05) is 0 Å². The van der Waals surface area contributed by atoms with Gasteiger partial charge in [0.2, 0.25) is 0 Å². The molecule has 0 radical (unpaired) electrons. The molecule has 0 fully saturated rings. The molecule has 2 rings (SSSR count). The molecule has 0 saturated heterocycles. The Balaban J connectivity index is 2.25. The van der Waals surface area contributed by atoms with Crippen molar-refractivity contribution in [1.29, 1.82) is 0 Å². The second kappa shape index (κ2) is 5.97. The van der Waals surface area contributed by atoms with Crippen molar-refractivity contribution in [3.63, 3.8) is 0 Å². The lowest BCUT2D eigenvalue weighted by Gasteiger charge is -2.04. The molecule has 0 heterocycles. The van der Waals surface area contributed by atoms with E-state index in [1.807, 2.05) is 66.7 Å². The monoisotopic (exact) mass is 236 g/mol. The Bertz CT molecular complexity index is 538. The van der Waals surface area contributed by atoms with E-state index in [1.54, 1.807) is 6.92 Å². The summed E-state index contributed by atoms with van der Waals surface area (Å²) in [5.41, 5.74) is 3.07. The highest BCUT2D eigenvalue weighted by molar-refractivity contribution is 5.98. The fourth-order valence-corrected chi connectivity index (χ4v) is 1.84. The molecule has 0 aliphatic heterocycles. The highest BCUT2D eigenvalue weighted by Crippen LogP contribution is 2.13. The SMILES string of the molecule is CC(=O)C(=Cc1ccccc1)Cc1ccccc1. The van der Waals surface area contributed by atoms with Crippen LogP contribution in [0.3, 0.4) is 0 Å². The van der Waals surface area contributed by atoms with Crippen LogP contribution in [0.25, 0.3) is 6.08 Å². The van der Waals surface area contributed by atoms with Gasteiger partial charge in [-0.2, -0.15) is 0 Å². The predicted octanol–water partition coefficient (Wildman–Crippen LogP) is 3.90. The second-order valence-corrected chi connectivity index (χ2v) is 4.30. The molecule has 18 heavy (non-hydrogen) atoms. The van der Waals surface area contributed by atoms with E-state index in [-0.39, 0.29) is 5.78 Å². The third kappa shape index (κ3) is 3.42. The highest BCUT2D eigenvalue weighted by Gasteiger charge is 2.05. The summed E-state index contributed by atoms with van der Waals surface area (Å²) in [6, 6.07) is 20.0. The lowest BCUT2D eigenvalue weighted by molar-refractivity contribution is -0.113. The van der Waals surface area contributed by atoms with Crippen LogP contribution in [0.15, 0.2) is 66.2 Å². The minimum absolute atomic E-state index is 0.128. The molecule has 0 saturated carbocycles. The van der Waals surface area contributed by atoms with E-state index in [2.05, 4.69) is 0 Å². The molecule has 1 nitrogen and oxygen atoms in total. The van der Waals surface area contributed by atoms with Gasteiger partial charge in [0.1, 0.15) is 0 Å². The number of Topliss-reactive ketones (excluding diaryl/α,β-unsaturated/α-hetero) is 1. The van der Waals surface area contributed by atoms with Crippen LogP contribution in [-0.4, -0.2) is 5.78 Å². The molecule has 0 aliphatic rings. The van der Waals surface area contributed by atoms with Crippen LogP contribution in [0, 0.1) is 0 Å². The molecule has 0 amide bonds. The lowest BCUT2D eigenvalue weighted by Crippen LogP contribution is -2.00. The van der Waals surface area contributed by atoms with E-state index in [1.165, 1.54) is 0 Å². The minimum Gasteiger partial charge on any atom is -0.295 e. The van der Waals surface area contributed by atoms with Crippen molar-refractivity contribution in [2.24, 2.45) is 0 Å². The third-order valence-corrected chi connectivity index (χ3v) is 2.83. The summed E-state index contributed by atoms with van der Waals surface area (Å²) in [6.45, 7) is 1.62. The zero-order chi connectivity index (χ0) is 12.8. The van der Waals surface area contributed by atoms with Crippen LogP contribution in [0.5, 0.6) is 0 Å². The first kappa shape index (κ1) is 12.3. The normalized spacial score (nSPS) is 11.3. The van der Waals surface area contributed by atoms with Crippen molar-refractivity contribution >= 4 is 11.9 Å². The zero-order valence-corrected chi connectivity index (χ0v) is 10.5. The van der Waals surface area contributed by atoms with E-state index in [0.29, 0.717) is 6.42 Å². The summed E-state index contributed by atoms with van der Waals surface area (Å²) in [5.74, 6) is 0.128. The molecule has 0 bridgehead atoms. The van der Waals surface area contributed by atoms with Gasteiger partial charge in [0.15, 0.2) is 5.78 Å². The molecule has 1 heteroatoms. The average Bonchev–Trinajstić information content (AvgIpc) is 2.40. The van der Waals surface area contributed by atoms with Crippen LogP contribution in [0.2, 0.25) is 0 Å². The van der Waals surface area contributed by atoms with Crippen molar-refractivity contribution in [3.8, 4) is 0 Å². The number of carbonyl (C=O) groups excluding carboxylic acids is 1. The molecule has 0 N–H and O–H groups in total. The van der Waals surface area contributed by atoms with Crippen LogP contribution in [0.4, 0.5) is 0 Å². The number of benzene rings is 2. The number of rotatable bonds is 4. The maximum atomic E-state index is 11.7. The average molecular weight is 236 g/mol. The first-order chi connectivity index (χ1) is 8.75. The smallest absolute Gasteiger partial charge is 0.156 e. The molecule has 0 aromatic heterocycles. The standard InChI is InChI=1S/C17H16O/c1-14(18)17(12-15-8-4-2-5-9-15)13-16-10-6-3-7-11-16/h2-12H,13H2,1H3. The number of carbonyl (C=O) groups is 1. The van der Waals surface area contributed by atoms with E-state index in [4.69, 9.17) is 0 Å². The van der Waals surface area contributed by atoms with Gasteiger partial charge in [-0.1, -0.05) is 60.7 Å². The third-order valence-electron chi connectivity index (χ3n) is 2.83. The zero-order valence-electron chi connectivity index (χ0n) is 10.5. The van der Waals surface area contributed by atoms with Crippen molar-refractivity contribution in [1.82, 2.24) is 0 Å². The summed E-state index contributed by atoms with van der Waals surface area (Å²) in [5, 5.41) is 0. The van der Waals surface area contributed by atoms with Crippen molar-refractivity contribution in [3.05, 3.63) is 77.4 Å². The Labute approximate surface area is 108 Å². The Hall–Kier alpha value is -2.15.